The number of hydrogen-bond donors (Lipinski definition) is 1. The molecule has 0 aromatic carbocycles. The molecular formula is C25H36F3NO2. The molecule has 5 rings (SSSR count). The Bertz CT molecular complexity index is 707. The van der Waals surface area contributed by atoms with Crippen LogP contribution in [0.4, 0.5) is 13.2 Å². The molecule has 5 aliphatic rings. The molecule has 3 nitrogen and oxygen atoms in total. The zero-order valence-electron chi connectivity index (χ0n) is 18.3. The summed E-state index contributed by atoms with van der Waals surface area (Å²) in [4.78, 5) is 26.7. The third-order valence-electron chi connectivity index (χ3n) is 9.61. The van der Waals surface area contributed by atoms with E-state index in [0.717, 1.165) is 64.2 Å². The van der Waals surface area contributed by atoms with Crippen molar-refractivity contribution in [3.05, 3.63) is 0 Å². The van der Waals surface area contributed by atoms with Crippen LogP contribution in [-0.2, 0) is 9.59 Å². The molecule has 0 saturated heterocycles. The zero-order valence-corrected chi connectivity index (χ0v) is 18.3. The number of alkyl halides is 3. The Morgan fingerprint density at radius 1 is 0.677 bits per heavy atom. The minimum Gasteiger partial charge on any atom is -0.310 e. The summed E-state index contributed by atoms with van der Waals surface area (Å²) in [6.45, 7) is 0. The minimum atomic E-state index is -4.05. The predicted molar refractivity (Wildman–Crippen MR) is 111 cm³/mol. The fourth-order valence-electron chi connectivity index (χ4n) is 8.07. The van der Waals surface area contributed by atoms with Gasteiger partial charge < -0.3 is 5.32 Å². The third-order valence-corrected chi connectivity index (χ3v) is 9.61. The number of rotatable bonds is 2. The first-order valence-electron chi connectivity index (χ1n) is 12.7. The van der Waals surface area contributed by atoms with Gasteiger partial charge in [0, 0.05) is 35.8 Å². The molecule has 0 aromatic rings. The number of fused-ring (bicyclic) bond motifs is 3. The molecule has 5 aliphatic carbocycles. The van der Waals surface area contributed by atoms with Gasteiger partial charge in [-0.15, -0.1) is 0 Å². The SMILES string of the molecule is O=C1C2CCCCC2C(=O)C2C(NC3CCC4CC(C(F)(F)F)CCC4C3)CCCC12. The van der Waals surface area contributed by atoms with Gasteiger partial charge in [-0.25, -0.2) is 0 Å². The molecule has 0 aromatic heterocycles. The summed E-state index contributed by atoms with van der Waals surface area (Å²) < 4.78 is 39.5. The van der Waals surface area contributed by atoms with Crippen molar-refractivity contribution in [3.63, 3.8) is 0 Å². The summed E-state index contributed by atoms with van der Waals surface area (Å²) >= 11 is 0. The smallest absolute Gasteiger partial charge is 0.310 e. The monoisotopic (exact) mass is 439 g/mol. The largest absolute Gasteiger partial charge is 0.391 e. The van der Waals surface area contributed by atoms with Gasteiger partial charge in [0.25, 0.3) is 0 Å². The van der Waals surface area contributed by atoms with Crippen LogP contribution in [0.2, 0.25) is 0 Å². The van der Waals surface area contributed by atoms with Gasteiger partial charge in [0.05, 0.1) is 5.92 Å². The van der Waals surface area contributed by atoms with Crippen molar-refractivity contribution < 1.29 is 22.8 Å². The summed E-state index contributed by atoms with van der Waals surface area (Å²) in [6.07, 6.45) is 6.53. The molecular weight excluding hydrogens is 403 g/mol. The summed E-state index contributed by atoms with van der Waals surface area (Å²) in [5.41, 5.74) is 0. The molecule has 9 unspecified atom stereocenters. The topological polar surface area (TPSA) is 46.2 Å². The lowest BCUT2D eigenvalue weighted by atomic mass is 9.57. The van der Waals surface area contributed by atoms with Crippen molar-refractivity contribution in [1.82, 2.24) is 5.32 Å². The van der Waals surface area contributed by atoms with E-state index in [9.17, 15) is 22.8 Å². The molecule has 9 atom stereocenters. The first kappa shape index (κ1) is 21.9. The fraction of sp³-hybridized carbons (Fsp3) is 0.920. The second-order valence-electron chi connectivity index (χ2n) is 11.2. The number of Topliss-reactive ketones (excluding diaryl/α,β-unsaturated/α-hetero) is 2. The number of nitrogens with one attached hydrogen (secondary N) is 1. The van der Waals surface area contributed by atoms with Crippen molar-refractivity contribution in [2.24, 2.45) is 41.4 Å². The van der Waals surface area contributed by atoms with E-state index in [0.29, 0.717) is 30.3 Å². The summed E-state index contributed by atoms with van der Waals surface area (Å²) in [7, 11) is 0. The lowest BCUT2D eigenvalue weighted by molar-refractivity contribution is -0.190. The van der Waals surface area contributed by atoms with Crippen molar-refractivity contribution in [2.75, 3.05) is 0 Å². The van der Waals surface area contributed by atoms with Crippen molar-refractivity contribution in [2.45, 2.75) is 102 Å². The van der Waals surface area contributed by atoms with E-state index in [1.807, 2.05) is 0 Å². The lowest BCUT2D eigenvalue weighted by Crippen LogP contribution is -2.59. The van der Waals surface area contributed by atoms with Crippen molar-refractivity contribution >= 4 is 11.6 Å². The molecule has 0 spiro atoms. The number of hydrogen-bond acceptors (Lipinski definition) is 3. The van der Waals surface area contributed by atoms with E-state index < -0.39 is 12.1 Å². The standard InChI is InChI=1S/C25H36F3NO2/c26-25(27,28)16-10-8-15-13-17(11-9-14(15)12-16)29-21-7-3-6-20-22(21)24(31)19-5-2-1-4-18(19)23(20)30/h14-22,29H,1-13H2. The second-order valence-corrected chi connectivity index (χ2v) is 11.2. The number of carbonyl (C=O) groups is 2. The maximum absolute atomic E-state index is 13.5. The van der Waals surface area contributed by atoms with Crippen LogP contribution in [0.15, 0.2) is 0 Å². The highest BCUT2D eigenvalue weighted by molar-refractivity contribution is 6.00. The third kappa shape index (κ3) is 4.11. The van der Waals surface area contributed by atoms with Crippen LogP contribution in [0.1, 0.15) is 83.5 Å². The second kappa shape index (κ2) is 8.46. The molecule has 174 valence electrons. The first-order chi connectivity index (χ1) is 14.8. The van der Waals surface area contributed by atoms with E-state index >= 15 is 0 Å². The van der Waals surface area contributed by atoms with Crippen LogP contribution < -0.4 is 5.32 Å². The first-order valence-corrected chi connectivity index (χ1v) is 12.7. The molecule has 6 heteroatoms. The van der Waals surface area contributed by atoms with Crippen LogP contribution in [-0.4, -0.2) is 29.8 Å². The highest BCUT2D eigenvalue weighted by Gasteiger charge is 2.53. The molecule has 5 fully saturated rings. The number of ketones is 2. The van der Waals surface area contributed by atoms with Gasteiger partial charge in [-0.2, -0.15) is 13.2 Å². The summed E-state index contributed by atoms with van der Waals surface area (Å²) in [6, 6.07) is 0.352. The summed E-state index contributed by atoms with van der Waals surface area (Å²) in [5, 5.41) is 3.78. The van der Waals surface area contributed by atoms with Gasteiger partial charge in [0.2, 0.25) is 0 Å². The van der Waals surface area contributed by atoms with Gasteiger partial charge in [0.15, 0.2) is 0 Å². The van der Waals surface area contributed by atoms with E-state index in [1.165, 1.54) is 0 Å². The lowest BCUT2D eigenvalue weighted by Gasteiger charge is -2.49. The summed E-state index contributed by atoms with van der Waals surface area (Å²) in [5.74, 6) is -0.212. The van der Waals surface area contributed by atoms with E-state index in [1.54, 1.807) is 0 Å². The van der Waals surface area contributed by atoms with Gasteiger partial charge >= 0.3 is 6.18 Å². The van der Waals surface area contributed by atoms with Gasteiger partial charge in [0.1, 0.15) is 11.6 Å². The molecule has 0 amide bonds. The average Bonchev–Trinajstić information content (AvgIpc) is 2.76. The Morgan fingerprint density at radius 3 is 2.06 bits per heavy atom. The van der Waals surface area contributed by atoms with E-state index in [4.69, 9.17) is 0 Å². The Hall–Kier alpha value is -0.910. The quantitative estimate of drug-likeness (QED) is 0.621. The molecule has 0 heterocycles. The van der Waals surface area contributed by atoms with Crippen LogP contribution in [0.25, 0.3) is 0 Å². The Kier molecular flexibility index (Phi) is 5.98. The molecule has 31 heavy (non-hydrogen) atoms. The van der Waals surface area contributed by atoms with Crippen LogP contribution >= 0.6 is 0 Å². The molecule has 0 aliphatic heterocycles. The molecule has 0 radical (unpaired) electrons. The van der Waals surface area contributed by atoms with Crippen LogP contribution in [0.5, 0.6) is 0 Å². The molecule has 1 N–H and O–H groups in total. The number of carbonyl (C=O) groups excluding carboxylic acids is 2. The predicted octanol–water partition coefficient (Wildman–Crippen LogP) is 5.47. The number of halogens is 3. The van der Waals surface area contributed by atoms with Gasteiger partial charge in [-0.3, -0.25) is 9.59 Å². The maximum Gasteiger partial charge on any atom is 0.391 e. The zero-order chi connectivity index (χ0) is 21.8. The Balaban J connectivity index is 1.24. The Morgan fingerprint density at radius 2 is 1.32 bits per heavy atom. The van der Waals surface area contributed by atoms with Gasteiger partial charge in [-0.1, -0.05) is 19.3 Å². The minimum absolute atomic E-state index is 0.0273. The maximum atomic E-state index is 13.5. The average molecular weight is 440 g/mol. The van der Waals surface area contributed by atoms with Crippen LogP contribution in [0, 0.1) is 41.4 Å². The molecule has 5 saturated carbocycles. The fourth-order valence-corrected chi connectivity index (χ4v) is 8.07. The van der Waals surface area contributed by atoms with Gasteiger partial charge in [-0.05, 0) is 76.0 Å². The highest BCUT2D eigenvalue weighted by atomic mass is 19.4. The Labute approximate surface area is 183 Å². The van der Waals surface area contributed by atoms with Crippen LogP contribution in [0.3, 0.4) is 0 Å². The van der Waals surface area contributed by atoms with E-state index in [-0.39, 0.29) is 48.1 Å². The van der Waals surface area contributed by atoms with Crippen molar-refractivity contribution in [1.29, 1.82) is 0 Å². The van der Waals surface area contributed by atoms with Crippen molar-refractivity contribution in [3.8, 4) is 0 Å². The molecule has 0 bridgehead atoms. The van der Waals surface area contributed by atoms with E-state index in [2.05, 4.69) is 5.32 Å². The highest BCUT2D eigenvalue weighted by Crippen LogP contribution is 2.49. The normalized spacial score (nSPS) is 46.1.